The van der Waals surface area contributed by atoms with Gasteiger partial charge in [-0.25, -0.2) is 4.98 Å². The molecule has 0 bridgehead atoms. The Bertz CT molecular complexity index is 391. The average molecular weight is 206 g/mol. The van der Waals surface area contributed by atoms with E-state index in [4.69, 9.17) is 5.73 Å². The Balaban J connectivity index is 2.27. The van der Waals surface area contributed by atoms with E-state index < -0.39 is 0 Å². The Morgan fingerprint density at radius 2 is 2.33 bits per heavy atom. The number of nitrogens with zero attached hydrogens (tertiary/aromatic N) is 2. The molecule has 0 radical (unpaired) electrons. The molecule has 5 heteroatoms. The van der Waals surface area contributed by atoms with Gasteiger partial charge in [-0.1, -0.05) is 0 Å². The number of aryl methyl sites for hydroxylation is 1. The number of amides is 1. The van der Waals surface area contributed by atoms with E-state index >= 15 is 0 Å². The molecule has 2 heterocycles. The van der Waals surface area contributed by atoms with Crippen molar-refractivity contribution in [1.29, 1.82) is 0 Å². The molecule has 5 nitrogen and oxygen atoms in total. The third kappa shape index (κ3) is 2.01. The number of hydrogen-bond acceptors (Lipinski definition) is 4. The highest BCUT2D eigenvalue weighted by atomic mass is 16.2. The summed E-state index contributed by atoms with van der Waals surface area (Å²) in [5.41, 5.74) is 7.36. The molecule has 1 aliphatic rings. The van der Waals surface area contributed by atoms with Crippen molar-refractivity contribution in [2.75, 3.05) is 30.3 Å². The number of aromatic nitrogens is 1. The minimum absolute atomic E-state index is 0.0176. The third-order valence-electron chi connectivity index (χ3n) is 2.38. The average Bonchev–Trinajstić information content (AvgIpc) is 2.22. The Morgan fingerprint density at radius 3 is 3.07 bits per heavy atom. The standard InChI is InChI=1S/C10H14N4O/c1-7-2-3-8(11)10(13-7)14-5-4-12-9(15)6-14/h2-3H,4-6,11H2,1H3,(H,12,15). The first-order chi connectivity index (χ1) is 7.16. The third-order valence-corrected chi connectivity index (χ3v) is 2.38. The second kappa shape index (κ2) is 3.76. The van der Waals surface area contributed by atoms with Gasteiger partial charge in [-0.2, -0.15) is 0 Å². The summed E-state index contributed by atoms with van der Waals surface area (Å²) in [6.07, 6.45) is 0. The monoisotopic (exact) mass is 206 g/mol. The fraction of sp³-hybridized carbons (Fsp3) is 0.400. The number of carbonyl (C=O) groups is 1. The van der Waals surface area contributed by atoms with Crippen molar-refractivity contribution in [3.8, 4) is 0 Å². The summed E-state index contributed by atoms with van der Waals surface area (Å²) < 4.78 is 0. The van der Waals surface area contributed by atoms with Gasteiger partial charge in [-0.15, -0.1) is 0 Å². The molecule has 0 saturated carbocycles. The predicted octanol–water partition coefficient (Wildman–Crippen LogP) is -0.0916. The molecule has 0 unspecified atom stereocenters. The van der Waals surface area contributed by atoms with Gasteiger partial charge in [0.2, 0.25) is 5.91 Å². The molecule has 0 aromatic carbocycles. The summed E-state index contributed by atoms with van der Waals surface area (Å²) >= 11 is 0. The predicted molar refractivity (Wildman–Crippen MR) is 58.6 cm³/mol. The Kier molecular flexibility index (Phi) is 2.45. The molecule has 15 heavy (non-hydrogen) atoms. The summed E-state index contributed by atoms with van der Waals surface area (Å²) in [6, 6.07) is 3.69. The number of anilines is 2. The zero-order chi connectivity index (χ0) is 10.8. The van der Waals surface area contributed by atoms with Crippen LogP contribution in [0.25, 0.3) is 0 Å². The Morgan fingerprint density at radius 1 is 1.53 bits per heavy atom. The number of carbonyl (C=O) groups excluding carboxylic acids is 1. The zero-order valence-corrected chi connectivity index (χ0v) is 8.66. The van der Waals surface area contributed by atoms with Crippen molar-refractivity contribution in [3.05, 3.63) is 17.8 Å². The van der Waals surface area contributed by atoms with Crippen LogP contribution in [0.1, 0.15) is 5.69 Å². The molecule has 3 N–H and O–H groups in total. The second-order valence-corrected chi connectivity index (χ2v) is 3.64. The van der Waals surface area contributed by atoms with Crippen molar-refractivity contribution in [2.45, 2.75) is 6.92 Å². The van der Waals surface area contributed by atoms with Gasteiger partial charge in [-0.05, 0) is 19.1 Å². The van der Waals surface area contributed by atoms with Crippen LogP contribution in [-0.2, 0) is 4.79 Å². The summed E-state index contributed by atoms with van der Waals surface area (Å²) in [6.45, 7) is 3.65. The maximum atomic E-state index is 11.2. The van der Waals surface area contributed by atoms with Crippen molar-refractivity contribution in [2.24, 2.45) is 0 Å². The highest BCUT2D eigenvalue weighted by Crippen LogP contribution is 2.20. The van der Waals surface area contributed by atoms with Crippen LogP contribution in [0.5, 0.6) is 0 Å². The van der Waals surface area contributed by atoms with Gasteiger partial charge >= 0.3 is 0 Å². The van der Waals surface area contributed by atoms with Crippen LogP contribution in [0.15, 0.2) is 12.1 Å². The van der Waals surface area contributed by atoms with E-state index in [0.717, 1.165) is 12.2 Å². The van der Waals surface area contributed by atoms with E-state index in [-0.39, 0.29) is 5.91 Å². The van der Waals surface area contributed by atoms with Crippen LogP contribution in [-0.4, -0.2) is 30.5 Å². The first-order valence-electron chi connectivity index (χ1n) is 4.91. The highest BCUT2D eigenvalue weighted by Gasteiger charge is 2.19. The molecule has 1 aromatic heterocycles. The zero-order valence-electron chi connectivity index (χ0n) is 8.66. The van der Waals surface area contributed by atoms with E-state index in [1.165, 1.54) is 0 Å². The van der Waals surface area contributed by atoms with Crippen molar-refractivity contribution in [3.63, 3.8) is 0 Å². The lowest BCUT2D eigenvalue weighted by Crippen LogP contribution is -2.48. The van der Waals surface area contributed by atoms with Gasteiger partial charge in [-0.3, -0.25) is 4.79 Å². The highest BCUT2D eigenvalue weighted by molar-refractivity contribution is 5.83. The summed E-state index contributed by atoms with van der Waals surface area (Å²) in [7, 11) is 0. The molecule has 0 atom stereocenters. The van der Waals surface area contributed by atoms with E-state index in [1.54, 1.807) is 0 Å². The van der Waals surface area contributed by atoms with Gasteiger partial charge in [0.05, 0.1) is 12.2 Å². The maximum absolute atomic E-state index is 11.2. The normalized spacial score (nSPS) is 16.3. The van der Waals surface area contributed by atoms with E-state index in [1.807, 2.05) is 24.0 Å². The van der Waals surface area contributed by atoms with Crippen LogP contribution < -0.4 is 16.0 Å². The molecular formula is C10H14N4O. The van der Waals surface area contributed by atoms with Crippen molar-refractivity contribution in [1.82, 2.24) is 10.3 Å². The number of nitrogen functional groups attached to an aromatic ring is 1. The first-order valence-corrected chi connectivity index (χ1v) is 4.91. The van der Waals surface area contributed by atoms with Crippen LogP contribution in [0, 0.1) is 6.92 Å². The topological polar surface area (TPSA) is 71.2 Å². The fourth-order valence-electron chi connectivity index (χ4n) is 1.63. The van der Waals surface area contributed by atoms with Crippen LogP contribution in [0.4, 0.5) is 11.5 Å². The number of piperazine rings is 1. The molecule has 2 rings (SSSR count). The number of rotatable bonds is 1. The maximum Gasteiger partial charge on any atom is 0.239 e. The number of nitrogens with two attached hydrogens (primary N) is 1. The molecule has 80 valence electrons. The minimum Gasteiger partial charge on any atom is -0.396 e. The van der Waals surface area contributed by atoms with Crippen molar-refractivity contribution >= 4 is 17.4 Å². The summed E-state index contributed by atoms with van der Waals surface area (Å²) in [5.74, 6) is 0.730. The molecule has 1 amide bonds. The summed E-state index contributed by atoms with van der Waals surface area (Å²) in [5, 5.41) is 2.77. The molecule has 0 aliphatic carbocycles. The van der Waals surface area contributed by atoms with Gasteiger partial charge in [0, 0.05) is 18.8 Å². The van der Waals surface area contributed by atoms with E-state index in [2.05, 4.69) is 10.3 Å². The first kappa shape index (κ1) is 9.76. The molecular weight excluding hydrogens is 192 g/mol. The molecule has 1 fully saturated rings. The number of nitrogens with one attached hydrogen (secondary N) is 1. The minimum atomic E-state index is 0.0176. The number of hydrogen-bond donors (Lipinski definition) is 2. The second-order valence-electron chi connectivity index (χ2n) is 3.64. The molecule has 1 saturated heterocycles. The van der Waals surface area contributed by atoms with Gasteiger partial charge in [0.15, 0.2) is 5.82 Å². The fourth-order valence-corrected chi connectivity index (χ4v) is 1.63. The molecule has 1 aromatic rings. The lowest BCUT2D eigenvalue weighted by atomic mass is 10.3. The van der Waals surface area contributed by atoms with Crippen LogP contribution in [0.2, 0.25) is 0 Å². The van der Waals surface area contributed by atoms with E-state index in [9.17, 15) is 4.79 Å². The van der Waals surface area contributed by atoms with Gasteiger partial charge < -0.3 is 16.0 Å². The molecule has 1 aliphatic heterocycles. The SMILES string of the molecule is Cc1ccc(N)c(N2CCNC(=O)C2)n1. The van der Waals surface area contributed by atoms with Crippen LogP contribution >= 0.6 is 0 Å². The lowest BCUT2D eigenvalue weighted by Gasteiger charge is -2.28. The van der Waals surface area contributed by atoms with Gasteiger partial charge in [0.25, 0.3) is 0 Å². The summed E-state index contributed by atoms with van der Waals surface area (Å²) in [4.78, 5) is 17.5. The number of pyridine rings is 1. The van der Waals surface area contributed by atoms with E-state index in [0.29, 0.717) is 24.6 Å². The van der Waals surface area contributed by atoms with Crippen LogP contribution in [0.3, 0.4) is 0 Å². The lowest BCUT2D eigenvalue weighted by molar-refractivity contribution is -0.120. The largest absolute Gasteiger partial charge is 0.396 e. The smallest absolute Gasteiger partial charge is 0.239 e. The Hall–Kier alpha value is -1.78. The molecule has 0 spiro atoms. The van der Waals surface area contributed by atoms with Crippen molar-refractivity contribution < 1.29 is 4.79 Å². The quantitative estimate of drug-likeness (QED) is 0.673. The Labute approximate surface area is 88.3 Å². The van der Waals surface area contributed by atoms with Gasteiger partial charge in [0.1, 0.15) is 0 Å².